The summed E-state index contributed by atoms with van der Waals surface area (Å²) in [5.74, 6) is -1.09. The fraction of sp³-hybridized carbons (Fsp3) is 0.118. The van der Waals surface area contributed by atoms with Crippen molar-refractivity contribution < 1.29 is 14.7 Å². The molecule has 1 saturated heterocycles. The molecule has 24 heavy (non-hydrogen) atoms. The largest absolute Gasteiger partial charge is 0.478 e. The number of thioether (sulfide) groups is 1. The number of hydrogen-bond donors (Lipinski definition) is 1. The second kappa shape index (κ2) is 6.37. The number of nitrogens with zero attached hydrogens (tertiary/aromatic N) is 3. The zero-order valence-electron chi connectivity index (χ0n) is 13.1. The van der Waals surface area contributed by atoms with Gasteiger partial charge in [0, 0.05) is 26.0 Å². The van der Waals surface area contributed by atoms with Crippen molar-refractivity contribution in [2.45, 2.75) is 0 Å². The molecule has 1 fully saturated rings. The Kier molecular flexibility index (Phi) is 4.26. The van der Waals surface area contributed by atoms with E-state index < -0.39 is 5.97 Å². The van der Waals surface area contributed by atoms with Crippen molar-refractivity contribution in [3.8, 4) is 0 Å². The lowest BCUT2D eigenvalue weighted by Crippen LogP contribution is -2.23. The average molecular weight is 341 g/mol. The Morgan fingerprint density at radius 2 is 1.92 bits per heavy atom. The molecular weight excluding hydrogens is 326 g/mol. The van der Waals surface area contributed by atoms with Crippen LogP contribution in [0.3, 0.4) is 0 Å². The van der Waals surface area contributed by atoms with Gasteiger partial charge in [-0.25, -0.2) is 9.79 Å². The Bertz CT molecular complexity index is 865. The topological polar surface area (TPSA) is 74.9 Å². The number of aromatic carboxylic acids is 1. The van der Waals surface area contributed by atoms with E-state index in [2.05, 4.69) is 4.99 Å². The molecule has 1 aliphatic rings. The van der Waals surface area contributed by atoms with Crippen molar-refractivity contribution >= 4 is 40.6 Å². The first-order valence-corrected chi connectivity index (χ1v) is 7.98. The molecular formula is C17H15N3O3S. The lowest BCUT2D eigenvalue weighted by molar-refractivity contribution is -0.121. The van der Waals surface area contributed by atoms with Gasteiger partial charge in [0.1, 0.15) is 0 Å². The minimum absolute atomic E-state index is 0.109. The number of carboxylic acids is 1. The standard InChI is InChI=1S/C17H15N3O3S/c1-19-9-3-4-13(19)10-14-15(21)20(2)17(24-14)18-12-7-5-11(6-8-12)16(22)23/h3-10H,1-2H3,(H,22,23)/b14-10-,18-17?. The van der Waals surface area contributed by atoms with E-state index in [-0.39, 0.29) is 11.5 Å². The number of aliphatic imine (C=N–C) groups is 1. The molecule has 6 nitrogen and oxygen atoms in total. The number of amidine groups is 1. The van der Waals surface area contributed by atoms with Crippen molar-refractivity contribution in [3.63, 3.8) is 0 Å². The second-order valence-corrected chi connectivity index (χ2v) is 6.27. The lowest BCUT2D eigenvalue weighted by Gasteiger charge is -2.07. The van der Waals surface area contributed by atoms with Gasteiger partial charge in [-0.3, -0.25) is 9.69 Å². The molecule has 2 aromatic rings. The van der Waals surface area contributed by atoms with Crippen LogP contribution >= 0.6 is 11.8 Å². The van der Waals surface area contributed by atoms with E-state index >= 15 is 0 Å². The highest BCUT2D eigenvalue weighted by molar-refractivity contribution is 8.18. The number of carbonyl (C=O) groups is 2. The predicted octanol–water partition coefficient (Wildman–Crippen LogP) is 2.96. The number of amides is 1. The lowest BCUT2D eigenvalue weighted by atomic mass is 10.2. The maximum atomic E-state index is 12.4. The summed E-state index contributed by atoms with van der Waals surface area (Å²) >= 11 is 1.30. The molecule has 1 aliphatic heterocycles. The van der Waals surface area contributed by atoms with Crippen LogP contribution in [0.4, 0.5) is 5.69 Å². The van der Waals surface area contributed by atoms with Crippen LogP contribution in [0.2, 0.25) is 0 Å². The van der Waals surface area contributed by atoms with Gasteiger partial charge < -0.3 is 9.67 Å². The van der Waals surface area contributed by atoms with Crippen molar-refractivity contribution in [3.05, 3.63) is 58.8 Å². The normalized spacial score (nSPS) is 17.9. The van der Waals surface area contributed by atoms with E-state index in [4.69, 9.17) is 5.11 Å². The first-order valence-electron chi connectivity index (χ1n) is 7.16. The molecule has 1 N–H and O–H groups in total. The second-order valence-electron chi connectivity index (χ2n) is 5.27. The van der Waals surface area contributed by atoms with Crippen LogP contribution in [0, 0.1) is 0 Å². The van der Waals surface area contributed by atoms with E-state index in [1.54, 1.807) is 19.2 Å². The van der Waals surface area contributed by atoms with Crippen molar-refractivity contribution in [1.29, 1.82) is 0 Å². The monoisotopic (exact) mass is 341 g/mol. The van der Waals surface area contributed by atoms with E-state index in [1.165, 1.54) is 28.8 Å². The van der Waals surface area contributed by atoms with E-state index in [9.17, 15) is 9.59 Å². The quantitative estimate of drug-likeness (QED) is 0.871. The molecule has 0 aliphatic carbocycles. The SMILES string of the molecule is CN1C(=O)/C(=C/c2cccn2C)SC1=Nc1ccc(C(=O)O)cc1. The summed E-state index contributed by atoms with van der Waals surface area (Å²) in [6.45, 7) is 0. The molecule has 0 radical (unpaired) electrons. The summed E-state index contributed by atoms with van der Waals surface area (Å²) in [5, 5.41) is 9.47. The van der Waals surface area contributed by atoms with Crippen LogP contribution in [-0.2, 0) is 11.8 Å². The number of carboxylic acid groups (broad SMARTS) is 1. The van der Waals surface area contributed by atoms with Gasteiger partial charge in [-0.15, -0.1) is 0 Å². The third kappa shape index (κ3) is 3.11. The number of likely N-dealkylation sites (N-methyl/N-ethyl adjacent to an activating group) is 1. The van der Waals surface area contributed by atoms with Gasteiger partial charge >= 0.3 is 5.97 Å². The molecule has 2 heterocycles. The fourth-order valence-corrected chi connectivity index (χ4v) is 3.17. The Hall–Kier alpha value is -2.80. The van der Waals surface area contributed by atoms with Crippen LogP contribution in [-0.4, -0.2) is 38.7 Å². The molecule has 1 aromatic heterocycles. The number of carbonyl (C=O) groups excluding carboxylic acids is 1. The van der Waals surface area contributed by atoms with Gasteiger partial charge in [0.2, 0.25) is 0 Å². The summed E-state index contributed by atoms with van der Waals surface area (Å²) < 4.78 is 1.93. The van der Waals surface area contributed by atoms with E-state index in [1.807, 2.05) is 36.0 Å². The molecule has 3 rings (SSSR count). The van der Waals surface area contributed by atoms with E-state index in [0.717, 1.165) is 5.69 Å². The van der Waals surface area contributed by atoms with E-state index in [0.29, 0.717) is 15.8 Å². The Labute approximate surface area is 143 Å². The van der Waals surface area contributed by atoms with Gasteiger partial charge in [-0.1, -0.05) is 0 Å². The Morgan fingerprint density at radius 3 is 2.50 bits per heavy atom. The summed E-state index contributed by atoms with van der Waals surface area (Å²) in [5.41, 5.74) is 1.74. The highest BCUT2D eigenvalue weighted by atomic mass is 32.2. The van der Waals surface area contributed by atoms with Gasteiger partial charge in [0.05, 0.1) is 16.2 Å². The van der Waals surface area contributed by atoms with Crippen molar-refractivity contribution in [1.82, 2.24) is 9.47 Å². The zero-order chi connectivity index (χ0) is 17.3. The molecule has 0 spiro atoms. The van der Waals surface area contributed by atoms with Gasteiger partial charge in [-0.2, -0.15) is 0 Å². The van der Waals surface area contributed by atoms with Gasteiger partial charge in [0.25, 0.3) is 5.91 Å². The first kappa shape index (κ1) is 16.1. The van der Waals surface area contributed by atoms with Crippen LogP contribution in [0.5, 0.6) is 0 Å². The maximum Gasteiger partial charge on any atom is 0.335 e. The van der Waals surface area contributed by atoms with Crippen LogP contribution in [0.25, 0.3) is 6.08 Å². The molecule has 0 atom stereocenters. The third-order valence-corrected chi connectivity index (χ3v) is 4.67. The highest BCUT2D eigenvalue weighted by Crippen LogP contribution is 2.33. The minimum Gasteiger partial charge on any atom is -0.478 e. The van der Waals surface area contributed by atoms with Crippen LogP contribution in [0.1, 0.15) is 16.1 Å². The number of aryl methyl sites for hydroxylation is 1. The Morgan fingerprint density at radius 1 is 1.21 bits per heavy atom. The molecule has 122 valence electrons. The molecule has 1 amide bonds. The molecule has 0 bridgehead atoms. The molecule has 7 heteroatoms. The van der Waals surface area contributed by atoms with Gasteiger partial charge in [-0.05, 0) is 54.2 Å². The fourth-order valence-electron chi connectivity index (χ4n) is 2.20. The minimum atomic E-state index is -0.982. The first-order chi connectivity index (χ1) is 11.5. The average Bonchev–Trinajstić information content (AvgIpc) is 3.07. The highest BCUT2D eigenvalue weighted by Gasteiger charge is 2.30. The number of rotatable bonds is 3. The summed E-state index contributed by atoms with van der Waals surface area (Å²) in [7, 11) is 3.59. The third-order valence-electron chi connectivity index (χ3n) is 3.61. The maximum absolute atomic E-state index is 12.4. The molecule has 0 saturated carbocycles. The smallest absolute Gasteiger partial charge is 0.335 e. The predicted molar refractivity (Wildman–Crippen MR) is 94.2 cm³/mol. The number of aromatic nitrogens is 1. The number of benzene rings is 1. The van der Waals surface area contributed by atoms with Crippen molar-refractivity contribution in [2.75, 3.05) is 7.05 Å². The van der Waals surface area contributed by atoms with Crippen LogP contribution in [0.15, 0.2) is 52.5 Å². The number of hydrogen-bond acceptors (Lipinski definition) is 4. The summed E-state index contributed by atoms with van der Waals surface area (Å²) in [6, 6.07) is 10.1. The summed E-state index contributed by atoms with van der Waals surface area (Å²) in [4.78, 5) is 29.8. The zero-order valence-corrected chi connectivity index (χ0v) is 13.9. The van der Waals surface area contributed by atoms with Crippen LogP contribution < -0.4 is 0 Å². The van der Waals surface area contributed by atoms with Gasteiger partial charge in [0.15, 0.2) is 5.17 Å². The molecule has 1 aromatic carbocycles. The van der Waals surface area contributed by atoms with Crippen molar-refractivity contribution in [2.24, 2.45) is 12.0 Å². The Balaban J connectivity index is 1.87. The summed E-state index contributed by atoms with van der Waals surface area (Å²) in [6.07, 6.45) is 3.75. The molecule has 0 unspecified atom stereocenters.